The van der Waals surface area contributed by atoms with Crippen LogP contribution in [0.2, 0.25) is 0 Å². The standard InChI is InChI=1S/C26H32O2/c1-14-5-20(6-15(2)24(14)27)23-21-10-18-9-19(11-21)13-26(23,12-18)22-7-16(3)25(28)17(4)8-22/h5-8,18-19,21,23,27-28H,9-13H2,1-4H3. The van der Waals surface area contributed by atoms with Crippen LogP contribution in [0.3, 0.4) is 0 Å². The molecule has 3 unspecified atom stereocenters. The molecule has 2 N–H and O–H groups in total. The molecule has 148 valence electrons. The fraction of sp³-hybridized carbons (Fsp3) is 0.538. The molecule has 0 aromatic heterocycles. The summed E-state index contributed by atoms with van der Waals surface area (Å²) in [4.78, 5) is 0. The van der Waals surface area contributed by atoms with Crippen LogP contribution < -0.4 is 0 Å². The quantitative estimate of drug-likeness (QED) is 0.656. The molecule has 0 aliphatic heterocycles. The highest BCUT2D eigenvalue weighted by atomic mass is 16.3. The van der Waals surface area contributed by atoms with E-state index in [0.29, 0.717) is 17.4 Å². The molecule has 0 amide bonds. The van der Waals surface area contributed by atoms with E-state index in [9.17, 15) is 10.2 Å². The van der Waals surface area contributed by atoms with Crippen molar-refractivity contribution in [1.29, 1.82) is 0 Å². The van der Waals surface area contributed by atoms with Crippen molar-refractivity contribution in [2.75, 3.05) is 0 Å². The number of hydrogen-bond acceptors (Lipinski definition) is 2. The number of aromatic hydroxyl groups is 2. The largest absolute Gasteiger partial charge is 0.507 e. The van der Waals surface area contributed by atoms with E-state index in [1.165, 1.54) is 43.2 Å². The van der Waals surface area contributed by atoms with Crippen LogP contribution in [0.15, 0.2) is 24.3 Å². The van der Waals surface area contributed by atoms with E-state index in [2.05, 4.69) is 24.3 Å². The Morgan fingerprint density at radius 3 is 1.68 bits per heavy atom. The van der Waals surface area contributed by atoms with Gasteiger partial charge >= 0.3 is 0 Å². The van der Waals surface area contributed by atoms with Gasteiger partial charge < -0.3 is 10.2 Å². The molecule has 28 heavy (non-hydrogen) atoms. The summed E-state index contributed by atoms with van der Waals surface area (Å²) >= 11 is 0. The second-order valence-corrected chi connectivity index (χ2v) is 10.2. The lowest BCUT2D eigenvalue weighted by Gasteiger charge is -2.62. The molecule has 6 rings (SSSR count). The van der Waals surface area contributed by atoms with Gasteiger partial charge in [0.1, 0.15) is 11.5 Å². The third kappa shape index (κ3) is 2.46. The highest BCUT2D eigenvalue weighted by Crippen LogP contribution is 2.67. The summed E-state index contributed by atoms with van der Waals surface area (Å²) in [6, 6.07) is 9.03. The lowest BCUT2D eigenvalue weighted by Crippen LogP contribution is -2.54. The molecule has 2 aromatic carbocycles. The zero-order chi connectivity index (χ0) is 19.8. The molecule has 4 aliphatic rings. The minimum atomic E-state index is 0.174. The topological polar surface area (TPSA) is 40.5 Å². The first-order chi connectivity index (χ1) is 13.3. The lowest BCUT2D eigenvalue weighted by molar-refractivity contribution is -0.0281. The summed E-state index contributed by atoms with van der Waals surface area (Å²) < 4.78 is 0. The molecular formula is C26H32O2. The minimum absolute atomic E-state index is 0.174. The molecule has 4 aliphatic carbocycles. The fourth-order valence-electron chi connectivity index (χ4n) is 7.46. The minimum Gasteiger partial charge on any atom is -0.507 e. The van der Waals surface area contributed by atoms with Gasteiger partial charge in [0.05, 0.1) is 0 Å². The van der Waals surface area contributed by atoms with Crippen LogP contribution in [-0.4, -0.2) is 10.2 Å². The van der Waals surface area contributed by atoms with Crippen molar-refractivity contribution in [2.45, 2.75) is 71.1 Å². The molecule has 0 radical (unpaired) electrons. The summed E-state index contributed by atoms with van der Waals surface area (Å²) in [7, 11) is 0. The average Bonchev–Trinajstić information content (AvgIpc) is 2.62. The third-order valence-electron chi connectivity index (χ3n) is 8.25. The van der Waals surface area contributed by atoms with Crippen LogP contribution in [0.25, 0.3) is 0 Å². The van der Waals surface area contributed by atoms with Crippen molar-refractivity contribution in [2.24, 2.45) is 17.8 Å². The van der Waals surface area contributed by atoms with Gasteiger partial charge in [-0.2, -0.15) is 0 Å². The summed E-state index contributed by atoms with van der Waals surface area (Å²) in [5.41, 5.74) is 7.03. The van der Waals surface area contributed by atoms with Crippen LogP contribution in [0.1, 0.15) is 71.4 Å². The number of rotatable bonds is 2. The Morgan fingerprint density at radius 2 is 1.18 bits per heavy atom. The second-order valence-electron chi connectivity index (χ2n) is 10.2. The number of aryl methyl sites for hydroxylation is 4. The van der Waals surface area contributed by atoms with Gasteiger partial charge in [-0.1, -0.05) is 24.3 Å². The van der Waals surface area contributed by atoms with Crippen LogP contribution in [0.4, 0.5) is 0 Å². The smallest absolute Gasteiger partial charge is 0.121 e. The van der Waals surface area contributed by atoms with E-state index in [0.717, 1.165) is 40.0 Å². The Labute approximate surface area is 168 Å². The molecule has 2 heteroatoms. The number of phenolic OH excluding ortho intramolecular Hbond substituents is 2. The monoisotopic (exact) mass is 376 g/mol. The summed E-state index contributed by atoms with van der Waals surface area (Å²) in [5, 5.41) is 20.7. The van der Waals surface area contributed by atoms with Gasteiger partial charge in [-0.3, -0.25) is 0 Å². The van der Waals surface area contributed by atoms with Crippen molar-refractivity contribution in [3.8, 4) is 11.5 Å². The Balaban J connectivity index is 1.71. The zero-order valence-corrected chi connectivity index (χ0v) is 17.5. The van der Waals surface area contributed by atoms with E-state index < -0.39 is 0 Å². The van der Waals surface area contributed by atoms with E-state index in [4.69, 9.17) is 0 Å². The van der Waals surface area contributed by atoms with Crippen molar-refractivity contribution in [1.82, 2.24) is 0 Å². The number of benzene rings is 2. The Kier molecular flexibility index (Phi) is 3.89. The summed E-state index contributed by atoms with van der Waals surface area (Å²) in [6.45, 7) is 8.14. The van der Waals surface area contributed by atoms with Crippen molar-refractivity contribution in [3.05, 3.63) is 57.6 Å². The van der Waals surface area contributed by atoms with E-state index >= 15 is 0 Å². The fourth-order valence-corrected chi connectivity index (χ4v) is 7.46. The molecule has 3 atom stereocenters. The summed E-state index contributed by atoms with van der Waals surface area (Å²) in [6.07, 6.45) is 6.67. The number of hydrogen-bond donors (Lipinski definition) is 2. The molecule has 4 bridgehead atoms. The van der Waals surface area contributed by atoms with Gasteiger partial charge in [0.15, 0.2) is 0 Å². The maximum atomic E-state index is 10.4. The predicted octanol–water partition coefficient (Wildman–Crippen LogP) is 6.19. The first-order valence-corrected chi connectivity index (χ1v) is 10.9. The van der Waals surface area contributed by atoms with Crippen molar-refractivity contribution >= 4 is 0 Å². The first-order valence-electron chi connectivity index (χ1n) is 10.9. The Hall–Kier alpha value is -1.96. The lowest BCUT2D eigenvalue weighted by atomic mass is 9.42. The number of phenols is 2. The van der Waals surface area contributed by atoms with E-state index in [1.807, 2.05) is 27.7 Å². The highest BCUT2D eigenvalue weighted by molar-refractivity contribution is 5.50. The maximum Gasteiger partial charge on any atom is 0.121 e. The van der Waals surface area contributed by atoms with E-state index in [1.54, 1.807) is 0 Å². The van der Waals surface area contributed by atoms with Gasteiger partial charge in [0.25, 0.3) is 0 Å². The maximum absolute atomic E-state index is 10.4. The third-order valence-corrected chi connectivity index (χ3v) is 8.25. The Bertz CT molecular complexity index is 897. The molecule has 0 heterocycles. The second kappa shape index (κ2) is 6.02. The predicted molar refractivity (Wildman–Crippen MR) is 113 cm³/mol. The molecule has 4 fully saturated rings. The zero-order valence-electron chi connectivity index (χ0n) is 17.5. The van der Waals surface area contributed by atoms with Crippen LogP contribution >= 0.6 is 0 Å². The SMILES string of the molecule is Cc1cc(C2C3CC4CC(C3)CC2(c2cc(C)c(O)c(C)c2)C4)cc(C)c1O. The molecular weight excluding hydrogens is 344 g/mol. The van der Waals surface area contributed by atoms with E-state index in [-0.39, 0.29) is 5.41 Å². The van der Waals surface area contributed by atoms with Crippen LogP contribution in [-0.2, 0) is 5.41 Å². The molecule has 2 nitrogen and oxygen atoms in total. The van der Waals surface area contributed by atoms with Gasteiger partial charge in [-0.15, -0.1) is 0 Å². The molecule has 0 spiro atoms. The molecule has 2 aromatic rings. The highest BCUT2D eigenvalue weighted by Gasteiger charge is 2.58. The van der Waals surface area contributed by atoms with Crippen LogP contribution in [0.5, 0.6) is 11.5 Å². The molecule has 4 saturated carbocycles. The normalized spacial score (nSPS) is 33.4. The summed E-state index contributed by atoms with van der Waals surface area (Å²) in [5.74, 6) is 3.84. The van der Waals surface area contributed by atoms with Gasteiger partial charge in [0.2, 0.25) is 0 Å². The van der Waals surface area contributed by atoms with Gasteiger partial charge in [-0.25, -0.2) is 0 Å². The molecule has 0 saturated heterocycles. The average molecular weight is 377 g/mol. The van der Waals surface area contributed by atoms with Crippen LogP contribution in [0, 0.1) is 45.4 Å². The van der Waals surface area contributed by atoms with Gasteiger partial charge in [0, 0.05) is 5.41 Å². The van der Waals surface area contributed by atoms with Gasteiger partial charge in [-0.05, 0) is 117 Å². The first kappa shape index (κ1) is 18.1. The van der Waals surface area contributed by atoms with Crippen molar-refractivity contribution < 1.29 is 10.2 Å². The Morgan fingerprint density at radius 1 is 0.714 bits per heavy atom. The van der Waals surface area contributed by atoms with Crippen molar-refractivity contribution in [3.63, 3.8) is 0 Å².